The summed E-state index contributed by atoms with van der Waals surface area (Å²) in [4.78, 5) is 27.2. The Kier molecular flexibility index (Phi) is 8.66. The predicted molar refractivity (Wildman–Crippen MR) is 127 cm³/mol. The molecule has 0 aromatic heterocycles. The van der Waals surface area contributed by atoms with Gasteiger partial charge in [-0.3, -0.25) is 9.59 Å². The second-order valence-electron chi connectivity index (χ2n) is 8.62. The predicted octanol–water partition coefficient (Wildman–Crippen LogP) is 5.61. The normalized spacial score (nSPS) is 11.2. The van der Waals surface area contributed by atoms with Crippen LogP contribution in [-0.4, -0.2) is 36.4 Å². The molecule has 0 aliphatic carbocycles. The van der Waals surface area contributed by atoms with Gasteiger partial charge in [0, 0.05) is 29.8 Å². The molecule has 0 fully saturated rings. The van der Waals surface area contributed by atoms with Crippen molar-refractivity contribution < 1.29 is 14.3 Å². The van der Waals surface area contributed by atoms with Crippen LogP contribution in [0.5, 0.6) is 5.75 Å². The lowest BCUT2D eigenvalue weighted by atomic mass is 9.87. The van der Waals surface area contributed by atoms with Crippen LogP contribution < -0.4 is 10.1 Å². The number of aryl methyl sites for hydroxylation is 2. The van der Waals surface area contributed by atoms with E-state index >= 15 is 0 Å². The minimum atomic E-state index is -0.552. The molecule has 5 nitrogen and oxygen atoms in total. The highest BCUT2D eigenvalue weighted by atomic mass is 16.5. The molecule has 0 aliphatic heterocycles. The van der Waals surface area contributed by atoms with Gasteiger partial charge in [-0.2, -0.15) is 0 Å². The molecule has 0 atom stereocenters. The van der Waals surface area contributed by atoms with Gasteiger partial charge in [0.05, 0.1) is 6.61 Å². The fourth-order valence-electron chi connectivity index (χ4n) is 3.40. The van der Waals surface area contributed by atoms with E-state index in [-0.39, 0.29) is 11.8 Å². The van der Waals surface area contributed by atoms with Crippen LogP contribution in [0.3, 0.4) is 0 Å². The zero-order chi connectivity index (χ0) is 23.0. The molecule has 0 spiro atoms. The van der Waals surface area contributed by atoms with Crippen LogP contribution in [0.4, 0.5) is 5.69 Å². The first-order valence-electron chi connectivity index (χ1n) is 11.1. The molecular weight excluding hydrogens is 388 g/mol. The summed E-state index contributed by atoms with van der Waals surface area (Å²) < 4.78 is 5.92. The molecule has 0 saturated heterocycles. The largest absolute Gasteiger partial charge is 0.493 e. The maximum Gasteiger partial charge on any atom is 0.253 e. The van der Waals surface area contributed by atoms with Crippen molar-refractivity contribution in [1.82, 2.24) is 4.90 Å². The van der Waals surface area contributed by atoms with Crippen molar-refractivity contribution in [3.63, 3.8) is 0 Å². The molecule has 2 rings (SSSR count). The Bertz CT molecular complexity index is 901. The summed E-state index contributed by atoms with van der Waals surface area (Å²) >= 11 is 0. The number of ether oxygens (including phenoxy) is 1. The average molecular weight is 425 g/mol. The molecule has 2 amide bonds. The Hall–Kier alpha value is -2.82. The summed E-state index contributed by atoms with van der Waals surface area (Å²) in [5.74, 6) is 0.813. The first-order chi connectivity index (χ1) is 14.7. The molecule has 2 aromatic carbocycles. The third-order valence-electron chi connectivity index (χ3n) is 5.58. The molecule has 0 bridgehead atoms. The lowest BCUT2D eigenvalue weighted by Gasteiger charge is -2.24. The van der Waals surface area contributed by atoms with Crippen LogP contribution in [-0.2, 0) is 4.79 Å². The lowest BCUT2D eigenvalue weighted by molar-refractivity contribution is -0.124. The fourth-order valence-corrected chi connectivity index (χ4v) is 3.40. The number of carbonyl (C=O) groups is 2. The Balaban J connectivity index is 1.92. The summed E-state index contributed by atoms with van der Waals surface area (Å²) in [7, 11) is 0. The molecule has 0 unspecified atom stereocenters. The van der Waals surface area contributed by atoms with E-state index in [0.717, 1.165) is 17.7 Å². The number of carbonyl (C=O) groups excluding carboxylic acids is 2. The number of nitrogens with zero attached hydrogens (tertiary/aromatic N) is 1. The molecule has 2 aromatic rings. The van der Waals surface area contributed by atoms with Crippen LogP contribution in [0.2, 0.25) is 0 Å². The van der Waals surface area contributed by atoms with Gasteiger partial charge < -0.3 is 15.0 Å². The molecule has 168 valence electrons. The number of hydrogen-bond donors (Lipinski definition) is 1. The van der Waals surface area contributed by atoms with Crippen LogP contribution in [0.25, 0.3) is 0 Å². The van der Waals surface area contributed by atoms with Gasteiger partial charge in [0.1, 0.15) is 5.75 Å². The van der Waals surface area contributed by atoms with Gasteiger partial charge in [0.2, 0.25) is 5.91 Å². The monoisotopic (exact) mass is 424 g/mol. The van der Waals surface area contributed by atoms with Crippen molar-refractivity contribution in [2.24, 2.45) is 5.41 Å². The number of benzene rings is 2. The molecule has 0 aliphatic rings. The molecular formula is C26H36N2O3. The van der Waals surface area contributed by atoms with Gasteiger partial charge in [0.25, 0.3) is 5.91 Å². The van der Waals surface area contributed by atoms with Crippen molar-refractivity contribution in [1.29, 1.82) is 0 Å². The van der Waals surface area contributed by atoms with Gasteiger partial charge in [-0.25, -0.2) is 0 Å². The summed E-state index contributed by atoms with van der Waals surface area (Å²) in [6.07, 6.45) is 1.47. The van der Waals surface area contributed by atoms with E-state index in [9.17, 15) is 9.59 Å². The first kappa shape index (κ1) is 24.4. The number of hydrogen-bond acceptors (Lipinski definition) is 3. The van der Waals surface area contributed by atoms with Crippen molar-refractivity contribution in [2.45, 2.75) is 54.4 Å². The lowest BCUT2D eigenvalue weighted by Crippen LogP contribution is -2.32. The Morgan fingerprint density at radius 1 is 1.03 bits per heavy atom. The van der Waals surface area contributed by atoms with Crippen LogP contribution in [0.15, 0.2) is 42.5 Å². The first-order valence-corrected chi connectivity index (χ1v) is 11.1. The zero-order valence-electron chi connectivity index (χ0n) is 19.7. The number of rotatable bonds is 10. The van der Waals surface area contributed by atoms with Crippen LogP contribution in [0.1, 0.15) is 62.0 Å². The summed E-state index contributed by atoms with van der Waals surface area (Å²) in [6, 6.07) is 13.3. The van der Waals surface area contributed by atoms with E-state index in [4.69, 9.17) is 4.74 Å². The molecule has 1 N–H and O–H groups in total. The number of anilines is 1. The Morgan fingerprint density at radius 2 is 1.74 bits per heavy atom. The number of nitrogens with one attached hydrogen (secondary N) is 1. The molecule has 0 radical (unpaired) electrons. The second-order valence-corrected chi connectivity index (χ2v) is 8.62. The maximum atomic E-state index is 12.9. The molecule has 0 heterocycles. The fraction of sp³-hybridized carbons (Fsp3) is 0.462. The van der Waals surface area contributed by atoms with Crippen LogP contribution in [0, 0.1) is 19.3 Å². The van der Waals surface area contributed by atoms with Crippen LogP contribution >= 0.6 is 0 Å². The van der Waals surface area contributed by atoms with Gasteiger partial charge in [-0.15, -0.1) is 0 Å². The molecule has 31 heavy (non-hydrogen) atoms. The summed E-state index contributed by atoms with van der Waals surface area (Å²) in [5, 5.41) is 2.98. The van der Waals surface area contributed by atoms with Crippen molar-refractivity contribution in [2.75, 3.05) is 25.0 Å². The molecule has 5 heteroatoms. The van der Waals surface area contributed by atoms with E-state index in [1.807, 2.05) is 53.7 Å². The van der Waals surface area contributed by atoms with E-state index in [1.165, 1.54) is 5.56 Å². The third-order valence-corrected chi connectivity index (χ3v) is 5.58. The standard InChI is InChI=1S/C26H36N2O3/c1-7-28(8-2)24(29)21-11-9-12-22(18-21)27-25(30)26(5,6)15-10-16-31-23-17-19(3)13-14-20(23)4/h9,11-14,17-18H,7-8,10,15-16H2,1-6H3,(H,27,30). The second kappa shape index (κ2) is 11.0. The van der Waals surface area contributed by atoms with E-state index < -0.39 is 5.41 Å². The van der Waals surface area contributed by atoms with E-state index in [2.05, 4.69) is 17.4 Å². The van der Waals surface area contributed by atoms with Gasteiger partial charge in [0.15, 0.2) is 0 Å². The maximum absolute atomic E-state index is 12.9. The number of amides is 2. The van der Waals surface area contributed by atoms with E-state index in [0.29, 0.717) is 37.4 Å². The highest BCUT2D eigenvalue weighted by molar-refractivity contribution is 5.98. The van der Waals surface area contributed by atoms with Gasteiger partial charge in [-0.05, 0) is 75.9 Å². The smallest absolute Gasteiger partial charge is 0.253 e. The topological polar surface area (TPSA) is 58.6 Å². The highest BCUT2D eigenvalue weighted by Crippen LogP contribution is 2.26. The zero-order valence-corrected chi connectivity index (χ0v) is 19.7. The Morgan fingerprint density at radius 3 is 2.42 bits per heavy atom. The summed E-state index contributed by atoms with van der Waals surface area (Å²) in [5.41, 5.74) is 2.96. The van der Waals surface area contributed by atoms with Gasteiger partial charge >= 0.3 is 0 Å². The van der Waals surface area contributed by atoms with E-state index in [1.54, 1.807) is 23.1 Å². The minimum absolute atomic E-state index is 0.0241. The van der Waals surface area contributed by atoms with Crippen molar-refractivity contribution in [3.05, 3.63) is 59.2 Å². The average Bonchev–Trinajstić information content (AvgIpc) is 2.74. The quantitative estimate of drug-likeness (QED) is 0.504. The van der Waals surface area contributed by atoms with Gasteiger partial charge in [-0.1, -0.05) is 32.0 Å². The summed E-state index contributed by atoms with van der Waals surface area (Å²) in [6.45, 7) is 13.7. The Labute approximate surface area is 186 Å². The van der Waals surface area contributed by atoms with Crippen molar-refractivity contribution >= 4 is 17.5 Å². The minimum Gasteiger partial charge on any atom is -0.493 e. The SMILES string of the molecule is CCN(CC)C(=O)c1cccc(NC(=O)C(C)(C)CCCOc2cc(C)ccc2C)c1. The third kappa shape index (κ3) is 6.84. The highest BCUT2D eigenvalue weighted by Gasteiger charge is 2.27. The molecule has 0 saturated carbocycles. The van der Waals surface area contributed by atoms with Crippen molar-refractivity contribution in [3.8, 4) is 5.75 Å².